The van der Waals surface area contributed by atoms with Gasteiger partial charge >= 0.3 is 0 Å². The number of halogens is 1. The highest BCUT2D eigenvalue weighted by atomic mass is 79.9. The Balaban J connectivity index is 2.11. The topological polar surface area (TPSA) is 74.2 Å². The van der Waals surface area contributed by atoms with E-state index in [0.717, 1.165) is 10.0 Å². The smallest absolute Gasteiger partial charge is 0.257 e. The molecule has 2 rings (SSSR count). The lowest BCUT2D eigenvalue weighted by atomic mass is 10.1. The molecule has 1 aromatic carbocycles. The van der Waals surface area contributed by atoms with E-state index >= 15 is 0 Å². The van der Waals surface area contributed by atoms with E-state index in [0.29, 0.717) is 24.7 Å². The first-order valence-electron chi connectivity index (χ1n) is 5.52. The number of aromatic nitrogens is 2. The second-order valence-corrected chi connectivity index (χ2v) is 4.73. The van der Waals surface area contributed by atoms with Crippen LogP contribution in [0, 0.1) is 0 Å². The summed E-state index contributed by atoms with van der Waals surface area (Å²) in [5.74, 6) is 1.04. The molecular weight excluding hydrogens is 298 g/mol. The molecule has 0 aliphatic carbocycles. The van der Waals surface area contributed by atoms with Gasteiger partial charge in [0.15, 0.2) is 5.82 Å². The van der Waals surface area contributed by atoms with Crippen molar-refractivity contribution in [1.29, 1.82) is 0 Å². The summed E-state index contributed by atoms with van der Waals surface area (Å²) in [6.07, 6.45) is 0.276. The molecule has 0 aliphatic heterocycles. The zero-order chi connectivity index (χ0) is 13.0. The highest BCUT2D eigenvalue weighted by molar-refractivity contribution is 9.10. The Morgan fingerprint density at radius 3 is 3.00 bits per heavy atom. The second-order valence-electron chi connectivity index (χ2n) is 3.82. The zero-order valence-electron chi connectivity index (χ0n) is 9.97. The minimum Gasteiger partial charge on any atom is -0.370 e. The quantitative estimate of drug-likeness (QED) is 0.915. The fourth-order valence-corrected chi connectivity index (χ4v) is 2.04. The molecular formula is C12H14BrN3O2. The van der Waals surface area contributed by atoms with Crippen LogP contribution >= 0.6 is 15.9 Å². The van der Waals surface area contributed by atoms with E-state index in [4.69, 9.17) is 15.0 Å². The molecule has 0 spiro atoms. The Kier molecular flexibility index (Phi) is 4.46. The SMILES string of the molecule is COC(CN)c1nc(Cc2cccc(Br)c2)no1. The van der Waals surface area contributed by atoms with Crippen LogP contribution in [0.4, 0.5) is 0 Å². The molecule has 6 heteroatoms. The fourth-order valence-electron chi connectivity index (χ4n) is 1.60. The number of hydrogen-bond donors (Lipinski definition) is 1. The maximum absolute atomic E-state index is 5.54. The molecule has 0 saturated carbocycles. The average molecular weight is 312 g/mol. The summed E-state index contributed by atoms with van der Waals surface area (Å²) < 4.78 is 11.3. The van der Waals surface area contributed by atoms with E-state index in [9.17, 15) is 0 Å². The van der Waals surface area contributed by atoms with Crippen LogP contribution in [-0.2, 0) is 11.2 Å². The van der Waals surface area contributed by atoms with Crippen molar-refractivity contribution in [2.75, 3.05) is 13.7 Å². The molecule has 1 atom stereocenters. The predicted molar refractivity (Wildman–Crippen MR) is 70.1 cm³/mol. The number of hydrogen-bond acceptors (Lipinski definition) is 5. The van der Waals surface area contributed by atoms with E-state index in [-0.39, 0.29) is 6.10 Å². The summed E-state index contributed by atoms with van der Waals surface area (Å²) in [6.45, 7) is 0.315. The van der Waals surface area contributed by atoms with Gasteiger partial charge in [-0.05, 0) is 17.7 Å². The minimum atomic E-state index is -0.339. The number of methoxy groups -OCH3 is 1. The molecule has 96 valence electrons. The third-order valence-corrected chi connectivity index (χ3v) is 3.00. The Morgan fingerprint density at radius 2 is 2.33 bits per heavy atom. The molecule has 1 aromatic heterocycles. The average Bonchev–Trinajstić information content (AvgIpc) is 2.79. The first kappa shape index (κ1) is 13.2. The Labute approximate surface area is 113 Å². The van der Waals surface area contributed by atoms with Crippen LogP contribution in [0.2, 0.25) is 0 Å². The standard InChI is InChI=1S/C12H14BrN3O2/c1-17-10(7-14)12-15-11(16-18-12)6-8-3-2-4-9(13)5-8/h2-5,10H,6-7,14H2,1H3. The lowest BCUT2D eigenvalue weighted by Gasteiger charge is -2.05. The van der Waals surface area contributed by atoms with Gasteiger partial charge in [0.25, 0.3) is 5.89 Å². The molecule has 2 N–H and O–H groups in total. The van der Waals surface area contributed by atoms with Crippen molar-refractivity contribution in [3.05, 3.63) is 46.0 Å². The van der Waals surface area contributed by atoms with Crippen molar-refractivity contribution in [1.82, 2.24) is 10.1 Å². The molecule has 1 unspecified atom stereocenters. The number of ether oxygens (including phenoxy) is 1. The first-order valence-corrected chi connectivity index (χ1v) is 6.32. The Hall–Kier alpha value is -1.24. The van der Waals surface area contributed by atoms with Gasteiger partial charge in [0.1, 0.15) is 6.10 Å². The summed E-state index contributed by atoms with van der Waals surface area (Å²) >= 11 is 3.43. The van der Waals surface area contributed by atoms with Crippen LogP contribution in [0.25, 0.3) is 0 Å². The monoisotopic (exact) mass is 311 g/mol. The van der Waals surface area contributed by atoms with Crippen molar-refractivity contribution >= 4 is 15.9 Å². The largest absolute Gasteiger partial charge is 0.370 e. The molecule has 0 bridgehead atoms. The van der Waals surface area contributed by atoms with Gasteiger partial charge in [0, 0.05) is 24.5 Å². The van der Waals surface area contributed by atoms with E-state index in [1.165, 1.54) is 0 Å². The van der Waals surface area contributed by atoms with Gasteiger partial charge in [0.2, 0.25) is 0 Å². The van der Waals surface area contributed by atoms with Crippen molar-refractivity contribution in [3.63, 3.8) is 0 Å². The number of nitrogens with two attached hydrogens (primary N) is 1. The molecule has 5 nitrogen and oxygen atoms in total. The third kappa shape index (κ3) is 3.16. The van der Waals surface area contributed by atoms with Crippen LogP contribution in [0.3, 0.4) is 0 Å². The highest BCUT2D eigenvalue weighted by Gasteiger charge is 2.16. The van der Waals surface area contributed by atoms with Crippen molar-refractivity contribution in [3.8, 4) is 0 Å². The van der Waals surface area contributed by atoms with Gasteiger partial charge in [-0.1, -0.05) is 33.2 Å². The van der Waals surface area contributed by atoms with Gasteiger partial charge in [-0.2, -0.15) is 4.98 Å². The van der Waals surface area contributed by atoms with Crippen LogP contribution in [-0.4, -0.2) is 23.8 Å². The lowest BCUT2D eigenvalue weighted by Crippen LogP contribution is -2.14. The van der Waals surface area contributed by atoms with Crippen LogP contribution in [0.15, 0.2) is 33.3 Å². The predicted octanol–water partition coefficient (Wildman–Crippen LogP) is 2.07. The van der Waals surface area contributed by atoms with E-state index in [2.05, 4.69) is 26.1 Å². The molecule has 2 aromatic rings. The van der Waals surface area contributed by atoms with E-state index in [1.807, 2.05) is 24.3 Å². The normalized spacial score (nSPS) is 12.6. The summed E-state index contributed by atoms with van der Waals surface area (Å²) in [5.41, 5.74) is 6.65. The van der Waals surface area contributed by atoms with Crippen molar-refractivity contribution in [2.24, 2.45) is 5.73 Å². The van der Waals surface area contributed by atoms with Crippen molar-refractivity contribution in [2.45, 2.75) is 12.5 Å². The van der Waals surface area contributed by atoms with Gasteiger partial charge in [-0.15, -0.1) is 0 Å². The molecule has 0 saturated heterocycles. The van der Waals surface area contributed by atoms with Crippen LogP contribution < -0.4 is 5.73 Å². The molecule has 0 aliphatic rings. The lowest BCUT2D eigenvalue weighted by molar-refractivity contribution is 0.0804. The molecule has 0 radical (unpaired) electrons. The number of rotatable bonds is 5. The highest BCUT2D eigenvalue weighted by Crippen LogP contribution is 2.16. The molecule has 0 amide bonds. The van der Waals surface area contributed by atoms with Crippen LogP contribution in [0.1, 0.15) is 23.4 Å². The maximum atomic E-state index is 5.54. The zero-order valence-corrected chi connectivity index (χ0v) is 11.6. The summed E-state index contributed by atoms with van der Waals surface area (Å²) in [5, 5.41) is 3.92. The fraction of sp³-hybridized carbons (Fsp3) is 0.333. The number of benzene rings is 1. The van der Waals surface area contributed by atoms with Gasteiger partial charge in [0.05, 0.1) is 0 Å². The van der Waals surface area contributed by atoms with Gasteiger partial charge in [-0.3, -0.25) is 0 Å². The van der Waals surface area contributed by atoms with Gasteiger partial charge < -0.3 is 15.0 Å². The van der Waals surface area contributed by atoms with E-state index < -0.39 is 0 Å². The Morgan fingerprint density at radius 1 is 1.50 bits per heavy atom. The van der Waals surface area contributed by atoms with Gasteiger partial charge in [-0.25, -0.2) is 0 Å². The summed E-state index contributed by atoms with van der Waals surface area (Å²) in [6, 6.07) is 7.98. The van der Waals surface area contributed by atoms with Crippen LogP contribution in [0.5, 0.6) is 0 Å². The molecule has 1 heterocycles. The Bertz CT molecular complexity index is 512. The molecule has 0 fully saturated rings. The third-order valence-electron chi connectivity index (χ3n) is 2.51. The van der Waals surface area contributed by atoms with Crippen molar-refractivity contribution < 1.29 is 9.26 Å². The first-order chi connectivity index (χ1) is 8.72. The number of nitrogens with zero attached hydrogens (tertiary/aromatic N) is 2. The summed E-state index contributed by atoms with van der Waals surface area (Å²) in [4.78, 5) is 4.28. The second kappa shape index (κ2) is 6.08. The minimum absolute atomic E-state index is 0.315. The van der Waals surface area contributed by atoms with E-state index in [1.54, 1.807) is 7.11 Å². The summed E-state index contributed by atoms with van der Waals surface area (Å²) in [7, 11) is 1.57. The maximum Gasteiger partial charge on any atom is 0.257 e. The molecule has 18 heavy (non-hydrogen) atoms.